The zero-order chi connectivity index (χ0) is 11.6. The Hall–Kier alpha value is -0.120. The fraction of sp³-hybridized carbons (Fsp3) is 1.00. The zero-order valence-corrected chi connectivity index (χ0v) is 10.8. The molecule has 1 aliphatic carbocycles. The summed E-state index contributed by atoms with van der Waals surface area (Å²) in [5.41, 5.74) is 0.00825. The highest BCUT2D eigenvalue weighted by Gasteiger charge is 2.34. The summed E-state index contributed by atoms with van der Waals surface area (Å²) in [5, 5.41) is 3.71. The van der Waals surface area contributed by atoms with E-state index < -0.39 is 0 Å². The molecule has 0 radical (unpaired) electrons. The zero-order valence-electron chi connectivity index (χ0n) is 10.8. The summed E-state index contributed by atoms with van der Waals surface area (Å²) in [6.07, 6.45) is 5.16. The van der Waals surface area contributed by atoms with Crippen molar-refractivity contribution in [3.05, 3.63) is 0 Å². The predicted octanol–water partition coefficient (Wildman–Crippen LogP) is 2.10. The third-order valence-electron chi connectivity index (χ3n) is 3.31. The Bertz CT molecular complexity index is 212. The summed E-state index contributed by atoms with van der Waals surface area (Å²) in [5.74, 6) is 0. The van der Waals surface area contributed by atoms with Crippen molar-refractivity contribution >= 4 is 0 Å². The van der Waals surface area contributed by atoms with Gasteiger partial charge in [0, 0.05) is 25.3 Å². The summed E-state index contributed by atoms with van der Waals surface area (Å²) >= 11 is 0. The molecule has 1 aliphatic heterocycles. The molecule has 94 valence electrons. The maximum Gasteiger partial charge on any atom is 0.0612 e. The molecule has 3 nitrogen and oxygen atoms in total. The van der Waals surface area contributed by atoms with Crippen LogP contribution in [-0.2, 0) is 9.47 Å². The molecule has 2 rings (SSSR count). The van der Waals surface area contributed by atoms with Crippen molar-refractivity contribution in [2.75, 3.05) is 13.2 Å². The molecule has 0 bridgehead atoms. The van der Waals surface area contributed by atoms with Crippen LogP contribution < -0.4 is 5.32 Å². The van der Waals surface area contributed by atoms with E-state index in [4.69, 9.17) is 9.47 Å². The molecule has 1 saturated heterocycles. The Balaban J connectivity index is 1.61. The number of hydrogen-bond acceptors (Lipinski definition) is 3. The quantitative estimate of drug-likeness (QED) is 0.801. The van der Waals surface area contributed by atoms with Crippen molar-refractivity contribution in [3.63, 3.8) is 0 Å². The molecular formula is C13H25NO2. The molecule has 3 heteroatoms. The van der Waals surface area contributed by atoms with Crippen LogP contribution in [0.3, 0.4) is 0 Å². The van der Waals surface area contributed by atoms with Gasteiger partial charge in [-0.1, -0.05) is 0 Å². The fourth-order valence-corrected chi connectivity index (χ4v) is 2.50. The monoisotopic (exact) mass is 227 g/mol. The van der Waals surface area contributed by atoms with E-state index in [1.54, 1.807) is 0 Å². The molecule has 1 saturated carbocycles. The standard InChI is InChI=1S/C13H25NO2/c1-13(2,3)16-12-8-11(9-12)14-10-4-6-15-7-5-10/h10-12,14H,4-9H2,1-3H3. The van der Waals surface area contributed by atoms with Crippen LogP contribution in [0.15, 0.2) is 0 Å². The topological polar surface area (TPSA) is 30.5 Å². The van der Waals surface area contributed by atoms with E-state index in [9.17, 15) is 0 Å². The molecule has 0 aromatic carbocycles. The van der Waals surface area contributed by atoms with Gasteiger partial charge in [0.15, 0.2) is 0 Å². The first kappa shape index (κ1) is 12.3. The van der Waals surface area contributed by atoms with E-state index in [2.05, 4.69) is 26.1 Å². The lowest BCUT2D eigenvalue weighted by Crippen LogP contribution is -2.52. The molecule has 0 aromatic rings. The highest BCUT2D eigenvalue weighted by molar-refractivity contribution is 4.90. The van der Waals surface area contributed by atoms with E-state index in [1.807, 2.05) is 0 Å². The maximum absolute atomic E-state index is 5.93. The third-order valence-corrected chi connectivity index (χ3v) is 3.31. The van der Waals surface area contributed by atoms with Gasteiger partial charge in [0.05, 0.1) is 11.7 Å². The molecule has 0 unspecified atom stereocenters. The summed E-state index contributed by atoms with van der Waals surface area (Å²) in [7, 11) is 0. The molecule has 1 heterocycles. The Kier molecular flexibility index (Phi) is 3.88. The number of nitrogens with one attached hydrogen (secondary N) is 1. The number of rotatable bonds is 3. The average molecular weight is 227 g/mol. The average Bonchev–Trinajstić information content (AvgIpc) is 2.14. The third kappa shape index (κ3) is 3.72. The van der Waals surface area contributed by atoms with Crippen molar-refractivity contribution < 1.29 is 9.47 Å². The second kappa shape index (κ2) is 5.03. The van der Waals surface area contributed by atoms with E-state index in [-0.39, 0.29) is 5.60 Å². The van der Waals surface area contributed by atoms with Gasteiger partial charge in [-0.15, -0.1) is 0 Å². The molecule has 0 spiro atoms. The maximum atomic E-state index is 5.93. The van der Waals surface area contributed by atoms with Gasteiger partial charge in [-0.3, -0.25) is 0 Å². The lowest BCUT2D eigenvalue weighted by Gasteiger charge is -2.41. The predicted molar refractivity (Wildman–Crippen MR) is 64.6 cm³/mol. The van der Waals surface area contributed by atoms with Crippen molar-refractivity contribution in [1.82, 2.24) is 5.32 Å². The lowest BCUT2D eigenvalue weighted by atomic mass is 9.87. The van der Waals surface area contributed by atoms with Crippen molar-refractivity contribution in [2.24, 2.45) is 0 Å². The Morgan fingerprint density at radius 2 is 1.69 bits per heavy atom. The molecule has 1 N–H and O–H groups in total. The van der Waals surface area contributed by atoms with Gasteiger partial charge < -0.3 is 14.8 Å². The minimum absolute atomic E-state index is 0.00825. The molecule has 0 atom stereocenters. The minimum atomic E-state index is 0.00825. The van der Waals surface area contributed by atoms with Gasteiger partial charge in [-0.05, 0) is 46.5 Å². The van der Waals surface area contributed by atoms with E-state index in [1.165, 1.54) is 25.7 Å². The second-order valence-corrected chi connectivity index (χ2v) is 6.07. The van der Waals surface area contributed by atoms with Crippen LogP contribution in [0, 0.1) is 0 Å². The van der Waals surface area contributed by atoms with Crippen LogP contribution in [-0.4, -0.2) is 37.0 Å². The number of ether oxygens (including phenoxy) is 2. The smallest absolute Gasteiger partial charge is 0.0612 e. The van der Waals surface area contributed by atoms with Gasteiger partial charge >= 0.3 is 0 Å². The highest BCUT2D eigenvalue weighted by Crippen LogP contribution is 2.28. The van der Waals surface area contributed by atoms with E-state index in [0.29, 0.717) is 18.2 Å². The normalized spacial score (nSPS) is 32.4. The van der Waals surface area contributed by atoms with E-state index >= 15 is 0 Å². The van der Waals surface area contributed by atoms with Crippen LogP contribution in [0.4, 0.5) is 0 Å². The lowest BCUT2D eigenvalue weighted by molar-refractivity contribution is -0.104. The molecule has 0 amide bonds. The highest BCUT2D eigenvalue weighted by atomic mass is 16.5. The molecular weight excluding hydrogens is 202 g/mol. The summed E-state index contributed by atoms with van der Waals surface area (Å²) in [6, 6.07) is 1.35. The van der Waals surface area contributed by atoms with Crippen LogP contribution in [0.1, 0.15) is 46.5 Å². The van der Waals surface area contributed by atoms with Crippen LogP contribution in [0.5, 0.6) is 0 Å². The van der Waals surface area contributed by atoms with Gasteiger partial charge in [-0.25, -0.2) is 0 Å². The number of hydrogen-bond donors (Lipinski definition) is 1. The Morgan fingerprint density at radius 1 is 1.06 bits per heavy atom. The first-order valence-corrected chi connectivity index (χ1v) is 6.54. The van der Waals surface area contributed by atoms with Crippen molar-refractivity contribution in [2.45, 2.75) is 70.2 Å². The molecule has 0 aromatic heterocycles. The van der Waals surface area contributed by atoms with Gasteiger partial charge in [0.1, 0.15) is 0 Å². The summed E-state index contributed by atoms with van der Waals surface area (Å²) < 4.78 is 11.3. The molecule has 2 fully saturated rings. The van der Waals surface area contributed by atoms with Crippen molar-refractivity contribution in [1.29, 1.82) is 0 Å². The van der Waals surface area contributed by atoms with Gasteiger partial charge in [0.25, 0.3) is 0 Å². The van der Waals surface area contributed by atoms with Gasteiger partial charge in [0.2, 0.25) is 0 Å². The van der Waals surface area contributed by atoms with Crippen LogP contribution in [0.2, 0.25) is 0 Å². The minimum Gasteiger partial charge on any atom is -0.381 e. The van der Waals surface area contributed by atoms with Gasteiger partial charge in [-0.2, -0.15) is 0 Å². The first-order valence-electron chi connectivity index (χ1n) is 6.54. The molecule has 16 heavy (non-hydrogen) atoms. The Labute approximate surface area is 98.9 Å². The van der Waals surface area contributed by atoms with E-state index in [0.717, 1.165) is 13.2 Å². The van der Waals surface area contributed by atoms with Crippen molar-refractivity contribution in [3.8, 4) is 0 Å². The SMILES string of the molecule is CC(C)(C)OC1CC(NC2CCOCC2)C1. The van der Waals surface area contributed by atoms with Crippen LogP contribution in [0.25, 0.3) is 0 Å². The Morgan fingerprint density at radius 3 is 2.25 bits per heavy atom. The summed E-state index contributed by atoms with van der Waals surface area (Å²) in [4.78, 5) is 0. The largest absolute Gasteiger partial charge is 0.381 e. The second-order valence-electron chi connectivity index (χ2n) is 6.07. The fourth-order valence-electron chi connectivity index (χ4n) is 2.50. The molecule has 2 aliphatic rings. The first-order chi connectivity index (χ1) is 7.53. The van der Waals surface area contributed by atoms with Crippen LogP contribution >= 0.6 is 0 Å². The summed E-state index contributed by atoms with van der Waals surface area (Å²) in [6.45, 7) is 8.24.